The molecule has 1 heterocycles. The Hall–Kier alpha value is -0.450. The maximum Gasteiger partial charge on any atom is 0.183 e. The number of aromatic nitrogens is 1. The van der Waals surface area contributed by atoms with Gasteiger partial charge >= 0.3 is 0 Å². The van der Waals surface area contributed by atoms with Gasteiger partial charge in [0.05, 0.1) is 11.6 Å². The summed E-state index contributed by atoms with van der Waals surface area (Å²) in [6.07, 6.45) is 1.74. The lowest BCUT2D eigenvalue weighted by molar-refractivity contribution is 1.17. The average Bonchev–Trinajstić information content (AvgIpc) is 2.81. The van der Waals surface area contributed by atoms with E-state index >= 15 is 0 Å². The molecule has 0 aliphatic rings. The van der Waals surface area contributed by atoms with E-state index in [0.717, 1.165) is 16.1 Å². The second-order valence-corrected chi connectivity index (χ2v) is 6.61. The fourth-order valence-corrected chi connectivity index (χ4v) is 2.68. The van der Waals surface area contributed by atoms with E-state index in [-0.39, 0.29) is 4.49 Å². The first-order chi connectivity index (χ1) is 9.06. The van der Waals surface area contributed by atoms with Crippen molar-refractivity contribution < 1.29 is 0 Å². The average molecular weight is 354 g/mol. The van der Waals surface area contributed by atoms with Crippen LogP contribution in [-0.4, -0.2) is 4.98 Å². The highest BCUT2D eigenvalue weighted by Crippen LogP contribution is 2.29. The van der Waals surface area contributed by atoms with Gasteiger partial charge in [0, 0.05) is 16.8 Å². The van der Waals surface area contributed by atoms with Crippen molar-refractivity contribution in [3.63, 3.8) is 0 Å². The number of benzene rings is 1. The zero-order valence-electron chi connectivity index (χ0n) is 9.46. The topological polar surface area (TPSA) is 24.9 Å². The molecule has 0 bridgehead atoms. The van der Waals surface area contributed by atoms with Crippen LogP contribution in [0.15, 0.2) is 35.0 Å². The first kappa shape index (κ1) is 14.9. The van der Waals surface area contributed by atoms with Crippen molar-refractivity contribution in [2.24, 2.45) is 0 Å². The van der Waals surface area contributed by atoms with Gasteiger partial charge in [0.15, 0.2) is 4.47 Å². The molecule has 2 nitrogen and oxygen atoms in total. The largest absolute Gasteiger partial charge is 0.380 e. The number of rotatable bonds is 4. The van der Waals surface area contributed by atoms with Crippen molar-refractivity contribution in [1.29, 1.82) is 0 Å². The zero-order valence-corrected chi connectivity index (χ0v) is 13.3. The predicted molar refractivity (Wildman–Crippen MR) is 85.4 cm³/mol. The highest BCUT2D eigenvalue weighted by molar-refractivity contribution is 7.15. The van der Waals surface area contributed by atoms with Crippen LogP contribution in [0.2, 0.25) is 4.47 Å². The first-order valence-electron chi connectivity index (χ1n) is 5.21. The summed E-state index contributed by atoms with van der Waals surface area (Å²) in [7, 11) is 0. The molecule has 0 radical (unpaired) electrons. The summed E-state index contributed by atoms with van der Waals surface area (Å²) in [5.41, 5.74) is 1.67. The van der Waals surface area contributed by atoms with Gasteiger partial charge in [0.1, 0.15) is 4.49 Å². The number of anilines is 1. The Labute approximate surface area is 135 Å². The number of halogens is 4. The van der Waals surface area contributed by atoms with Gasteiger partial charge in [-0.2, -0.15) is 0 Å². The molecule has 0 aliphatic carbocycles. The second-order valence-electron chi connectivity index (χ2n) is 3.59. The maximum atomic E-state index is 6.00. The number of thiazole rings is 1. The predicted octanol–water partition coefficient (Wildman–Crippen LogP) is 5.75. The molecule has 0 amide bonds. The molecule has 0 spiro atoms. The molecule has 0 saturated carbocycles. The second kappa shape index (κ2) is 6.82. The standard InChI is InChI=1S/C12H8Cl4N2S/c13-10(11(14)15)7-2-1-3-8(4-7)17-5-9-6-18-12(16)19-9/h1-4,6,17H,5H2. The van der Waals surface area contributed by atoms with Crippen LogP contribution < -0.4 is 5.32 Å². The lowest BCUT2D eigenvalue weighted by Crippen LogP contribution is -1.97. The molecular formula is C12H8Cl4N2S. The highest BCUT2D eigenvalue weighted by Gasteiger charge is 2.05. The lowest BCUT2D eigenvalue weighted by Gasteiger charge is -2.07. The molecule has 0 unspecified atom stereocenters. The molecular weight excluding hydrogens is 346 g/mol. The summed E-state index contributed by atoms with van der Waals surface area (Å²) in [6, 6.07) is 7.51. The highest BCUT2D eigenvalue weighted by atomic mass is 35.5. The van der Waals surface area contributed by atoms with Gasteiger partial charge < -0.3 is 5.32 Å². The quantitative estimate of drug-likeness (QED) is 0.756. The smallest absolute Gasteiger partial charge is 0.183 e. The van der Waals surface area contributed by atoms with Crippen molar-refractivity contribution in [1.82, 2.24) is 4.98 Å². The zero-order chi connectivity index (χ0) is 13.8. The van der Waals surface area contributed by atoms with Crippen LogP contribution in [0.4, 0.5) is 5.69 Å². The molecule has 0 fully saturated rings. The molecule has 0 saturated heterocycles. The molecule has 1 aromatic carbocycles. The third kappa shape index (κ3) is 4.26. The molecule has 2 rings (SSSR count). The van der Waals surface area contributed by atoms with E-state index in [9.17, 15) is 0 Å². The number of hydrogen-bond acceptors (Lipinski definition) is 3. The number of nitrogens with zero attached hydrogens (tertiary/aromatic N) is 1. The van der Waals surface area contributed by atoms with E-state index in [1.165, 1.54) is 11.3 Å². The third-order valence-corrected chi connectivity index (χ3v) is 4.37. The van der Waals surface area contributed by atoms with Crippen LogP contribution in [0.3, 0.4) is 0 Å². The van der Waals surface area contributed by atoms with Crippen molar-refractivity contribution in [2.75, 3.05) is 5.32 Å². The van der Waals surface area contributed by atoms with Crippen molar-refractivity contribution in [3.05, 3.63) is 49.9 Å². The van der Waals surface area contributed by atoms with Crippen LogP contribution in [0.1, 0.15) is 10.4 Å². The monoisotopic (exact) mass is 352 g/mol. The molecule has 1 N–H and O–H groups in total. The van der Waals surface area contributed by atoms with Crippen molar-refractivity contribution in [3.8, 4) is 0 Å². The summed E-state index contributed by atoms with van der Waals surface area (Å²) < 4.78 is 0.582. The minimum Gasteiger partial charge on any atom is -0.380 e. The Balaban J connectivity index is 2.09. The van der Waals surface area contributed by atoms with Gasteiger partial charge in [0.2, 0.25) is 0 Å². The molecule has 100 valence electrons. The van der Waals surface area contributed by atoms with Gasteiger partial charge in [-0.05, 0) is 17.7 Å². The summed E-state index contributed by atoms with van der Waals surface area (Å²) >= 11 is 24.5. The summed E-state index contributed by atoms with van der Waals surface area (Å²) in [5, 5.41) is 3.58. The van der Waals surface area contributed by atoms with Crippen LogP contribution >= 0.6 is 57.7 Å². The normalized spacial score (nSPS) is 10.3. The Morgan fingerprint density at radius 2 is 2.05 bits per heavy atom. The summed E-state index contributed by atoms with van der Waals surface area (Å²) in [6.45, 7) is 0.643. The third-order valence-electron chi connectivity index (χ3n) is 2.27. The van der Waals surface area contributed by atoms with Gasteiger partial charge in [-0.3, -0.25) is 0 Å². The van der Waals surface area contributed by atoms with E-state index < -0.39 is 0 Å². The molecule has 0 aliphatic heterocycles. The van der Waals surface area contributed by atoms with E-state index in [1.54, 1.807) is 6.20 Å². The first-order valence-corrected chi connectivity index (χ1v) is 7.54. The van der Waals surface area contributed by atoms with Crippen LogP contribution in [0.25, 0.3) is 5.03 Å². The van der Waals surface area contributed by atoms with Gasteiger partial charge in [-0.25, -0.2) is 4.98 Å². The van der Waals surface area contributed by atoms with Crippen LogP contribution in [0.5, 0.6) is 0 Å². The minimum absolute atomic E-state index is 0.0491. The van der Waals surface area contributed by atoms with Crippen molar-refractivity contribution in [2.45, 2.75) is 6.54 Å². The van der Waals surface area contributed by atoms with E-state index in [4.69, 9.17) is 46.4 Å². The molecule has 19 heavy (non-hydrogen) atoms. The van der Waals surface area contributed by atoms with E-state index in [2.05, 4.69) is 10.3 Å². The SMILES string of the molecule is ClC(Cl)=C(Cl)c1cccc(NCc2cnc(Cl)s2)c1. The van der Waals surface area contributed by atoms with E-state index in [1.807, 2.05) is 24.3 Å². The summed E-state index contributed by atoms with van der Waals surface area (Å²) in [5.74, 6) is 0. The van der Waals surface area contributed by atoms with Crippen LogP contribution in [-0.2, 0) is 6.54 Å². The fraction of sp³-hybridized carbons (Fsp3) is 0.0833. The maximum absolute atomic E-state index is 6.00. The lowest BCUT2D eigenvalue weighted by atomic mass is 10.2. The molecule has 7 heteroatoms. The Morgan fingerprint density at radius 1 is 1.26 bits per heavy atom. The minimum atomic E-state index is 0.0491. The molecule has 2 aromatic rings. The molecule has 0 atom stereocenters. The number of hydrogen-bond donors (Lipinski definition) is 1. The van der Waals surface area contributed by atoms with Gasteiger partial charge in [-0.1, -0.05) is 58.5 Å². The van der Waals surface area contributed by atoms with Crippen molar-refractivity contribution >= 4 is 68.5 Å². The van der Waals surface area contributed by atoms with E-state index in [0.29, 0.717) is 16.0 Å². The number of nitrogens with one attached hydrogen (secondary N) is 1. The molecule has 1 aromatic heterocycles. The Kier molecular flexibility index (Phi) is 5.37. The Morgan fingerprint density at radius 3 is 2.68 bits per heavy atom. The van der Waals surface area contributed by atoms with Gasteiger partial charge in [-0.15, -0.1) is 11.3 Å². The fourth-order valence-electron chi connectivity index (χ4n) is 1.43. The van der Waals surface area contributed by atoms with Crippen LogP contribution in [0, 0.1) is 0 Å². The van der Waals surface area contributed by atoms with Gasteiger partial charge in [0.25, 0.3) is 0 Å². The summed E-state index contributed by atoms with van der Waals surface area (Å²) in [4.78, 5) is 5.03. The Bertz CT molecular complexity index is 605.